The molecule has 2 aromatic rings. The quantitative estimate of drug-likeness (QED) is 0.645. The molecule has 0 bridgehead atoms. The zero-order chi connectivity index (χ0) is 14.4. The molecule has 0 aliphatic rings. The third-order valence-corrected chi connectivity index (χ3v) is 3.74. The highest BCUT2D eigenvalue weighted by Crippen LogP contribution is 2.18. The molecule has 0 aromatic heterocycles. The Bertz CT molecular complexity index is 618. The Hall–Kier alpha value is -1.87. The van der Waals surface area contributed by atoms with E-state index in [-0.39, 0.29) is 11.5 Å². The van der Waals surface area contributed by atoms with Crippen LogP contribution < -0.4 is 0 Å². The highest BCUT2D eigenvalue weighted by atomic mass is 79.9. The molecule has 0 atom stereocenters. The lowest BCUT2D eigenvalue weighted by Crippen LogP contribution is -1.98. The zero-order valence-corrected chi connectivity index (χ0v) is 12.5. The van der Waals surface area contributed by atoms with Gasteiger partial charge in [-0.3, -0.25) is 4.79 Å². The Labute approximate surface area is 126 Å². The topological polar surface area (TPSA) is 37.3 Å². The minimum absolute atomic E-state index is 0.0164. The van der Waals surface area contributed by atoms with Crippen molar-refractivity contribution in [1.82, 2.24) is 0 Å². The number of aliphatic hydroxyl groups is 1. The number of carbonyl (C=O) groups excluding carboxylic acids is 1. The molecule has 2 nitrogen and oxygen atoms in total. The highest BCUT2D eigenvalue weighted by Gasteiger charge is 2.05. The van der Waals surface area contributed by atoms with Gasteiger partial charge in [-0.1, -0.05) is 64.5 Å². The Morgan fingerprint density at radius 3 is 2.40 bits per heavy atom. The summed E-state index contributed by atoms with van der Waals surface area (Å²) >= 11 is 3.46. The van der Waals surface area contributed by atoms with Crippen molar-refractivity contribution >= 4 is 27.5 Å². The molecule has 0 fully saturated rings. The lowest BCUT2D eigenvalue weighted by atomic mass is 10.1. The SMILES string of the molecule is O=C(/C=C(\O)c1ccccc1)CCc1ccccc1Br. The van der Waals surface area contributed by atoms with Crippen molar-refractivity contribution in [1.29, 1.82) is 0 Å². The maximum absolute atomic E-state index is 11.9. The fourth-order valence-electron chi connectivity index (χ4n) is 1.88. The van der Waals surface area contributed by atoms with E-state index in [4.69, 9.17) is 0 Å². The molecule has 0 heterocycles. The lowest BCUT2D eigenvalue weighted by molar-refractivity contribution is -0.114. The van der Waals surface area contributed by atoms with Crippen LogP contribution in [0.2, 0.25) is 0 Å². The number of allylic oxidation sites excluding steroid dienone is 1. The summed E-state index contributed by atoms with van der Waals surface area (Å²) in [6.07, 6.45) is 2.32. The summed E-state index contributed by atoms with van der Waals surface area (Å²) in [7, 11) is 0. The van der Waals surface area contributed by atoms with E-state index >= 15 is 0 Å². The van der Waals surface area contributed by atoms with E-state index < -0.39 is 0 Å². The molecular weight excluding hydrogens is 316 g/mol. The van der Waals surface area contributed by atoms with Gasteiger partial charge < -0.3 is 5.11 Å². The van der Waals surface area contributed by atoms with Gasteiger partial charge in [0.2, 0.25) is 0 Å². The van der Waals surface area contributed by atoms with Crippen LogP contribution in [0.25, 0.3) is 5.76 Å². The van der Waals surface area contributed by atoms with Gasteiger partial charge in [-0.05, 0) is 18.1 Å². The second kappa shape index (κ2) is 7.06. The first-order valence-electron chi connectivity index (χ1n) is 6.39. The maximum Gasteiger partial charge on any atom is 0.159 e. The summed E-state index contributed by atoms with van der Waals surface area (Å²) in [4.78, 5) is 11.9. The van der Waals surface area contributed by atoms with E-state index in [0.29, 0.717) is 18.4 Å². The first-order chi connectivity index (χ1) is 9.66. The van der Waals surface area contributed by atoms with Crippen LogP contribution in [0.4, 0.5) is 0 Å². The van der Waals surface area contributed by atoms with E-state index in [0.717, 1.165) is 10.0 Å². The molecule has 2 aromatic carbocycles. The molecule has 1 N–H and O–H groups in total. The summed E-state index contributed by atoms with van der Waals surface area (Å²) in [6, 6.07) is 16.9. The van der Waals surface area contributed by atoms with Crippen molar-refractivity contribution in [2.75, 3.05) is 0 Å². The normalized spacial score (nSPS) is 11.3. The molecule has 0 radical (unpaired) electrons. The predicted octanol–water partition coefficient (Wildman–Crippen LogP) is 4.55. The van der Waals surface area contributed by atoms with Crippen LogP contribution in [0.3, 0.4) is 0 Å². The smallest absolute Gasteiger partial charge is 0.159 e. The number of rotatable bonds is 5. The van der Waals surface area contributed by atoms with Gasteiger partial charge in [-0.25, -0.2) is 0 Å². The molecule has 0 saturated heterocycles. The van der Waals surface area contributed by atoms with Gasteiger partial charge >= 0.3 is 0 Å². The van der Waals surface area contributed by atoms with E-state index in [1.54, 1.807) is 12.1 Å². The number of benzene rings is 2. The number of ketones is 1. The number of aryl methyl sites for hydroxylation is 1. The van der Waals surface area contributed by atoms with Gasteiger partial charge in [0.1, 0.15) is 5.76 Å². The summed E-state index contributed by atoms with van der Waals surface area (Å²) in [5, 5.41) is 9.87. The second-order valence-electron chi connectivity index (χ2n) is 4.45. The first kappa shape index (κ1) is 14.5. The van der Waals surface area contributed by atoms with Crippen molar-refractivity contribution in [3.05, 3.63) is 76.3 Å². The predicted molar refractivity (Wildman–Crippen MR) is 84.5 cm³/mol. The van der Waals surface area contributed by atoms with Crippen molar-refractivity contribution in [3.63, 3.8) is 0 Å². The van der Waals surface area contributed by atoms with E-state index in [9.17, 15) is 9.90 Å². The van der Waals surface area contributed by atoms with Gasteiger partial charge in [0, 0.05) is 22.5 Å². The maximum atomic E-state index is 11.9. The fourth-order valence-corrected chi connectivity index (χ4v) is 2.36. The zero-order valence-electron chi connectivity index (χ0n) is 10.9. The Morgan fingerprint density at radius 1 is 1.05 bits per heavy atom. The molecule has 0 aliphatic carbocycles. The van der Waals surface area contributed by atoms with Crippen LogP contribution in [-0.2, 0) is 11.2 Å². The molecule has 20 heavy (non-hydrogen) atoms. The number of hydrogen-bond acceptors (Lipinski definition) is 2. The van der Waals surface area contributed by atoms with Crippen LogP contribution in [0.5, 0.6) is 0 Å². The van der Waals surface area contributed by atoms with Crippen LogP contribution in [0, 0.1) is 0 Å². The third-order valence-electron chi connectivity index (χ3n) is 2.97. The monoisotopic (exact) mass is 330 g/mol. The van der Waals surface area contributed by atoms with Gasteiger partial charge in [0.25, 0.3) is 0 Å². The minimum Gasteiger partial charge on any atom is -0.507 e. The van der Waals surface area contributed by atoms with Gasteiger partial charge in [0.05, 0.1) is 0 Å². The molecule has 0 spiro atoms. The summed E-state index contributed by atoms with van der Waals surface area (Å²) < 4.78 is 1.00. The average Bonchev–Trinajstić information content (AvgIpc) is 2.47. The Kier molecular flexibility index (Phi) is 5.13. The van der Waals surface area contributed by atoms with Gasteiger partial charge in [0.15, 0.2) is 5.78 Å². The molecule has 102 valence electrons. The molecule has 0 saturated carbocycles. The van der Waals surface area contributed by atoms with Crippen LogP contribution in [-0.4, -0.2) is 10.9 Å². The van der Waals surface area contributed by atoms with Crippen LogP contribution >= 0.6 is 15.9 Å². The van der Waals surface area contributed by atoms with Crippen molar-refractivity contribution < 1.29 is 9.90 Å². The second-order valence-corrected chi connectivity index (χ2v) is 5.31. The molecular formula is C17H15BrO2. The largest absolute Gasteiger partial charge is 0.507 e. The average molecular weight is 331 g/mol. The fraction of sp³-hybridized carbons (Fsp3) is 0.118. The summed E-state index contributed by atoms with van der Waals surface area (Å²) in [6.45, 7) is 0. The van der Waals surface area contributed by atoms with Crippen molar-refractivity contribution in [2.24, 2.45) is 0 Å². The number of carbonyl (C=O) groups is 1. The van der Waals surface area contributed by atoms with E-state index in [1.807, 2.05) is 42.5 Å². The minimum atomic E-state index is -0.0814. The lowest BCUT2D eigenvalue weighted by Gasteiger charge is -2.03. The molecule has 0 unspecified atom stereocenters. The summed E-state index contributed by atoms with van der Waals surface area (Å²) in [5.74, 6) is -0.0650. The number of hydrogen-bond donors (Lipinski definition) is 1. The molecule has 2 rings (SSSR count). The molecule has 0 amide bonds. The van der Waals surface area contributed by atoms with Crippen molar-refractivity contribution in [3.8, 4) is 0 Å². The van der Waals surface area contributed by atoms with Crippen LogP contribution in [0.1, 0.15) is 17.5 Å². The number of halogens is 1. The standard InChI is InChI=1S/C17H15BrO2/c18-16-9-5-4-6-13(16)10-11-15(19)12-17(20)14-7-2-1-3-8-14/h1-9,12,20H,10-11H2/b17-12-. The van der Waals surface area contributed by atoms with Crippen LogP contribution in [0.15, 0.2) is 65.1 Å². The third kappa shape index (κ3) is 4.07. The van der Waals surface area contributed by atoms with E-state index in [2.05, 4.69) is 15.9 Å². The Morgan fingerprint density at radius 2 is 1.70 bits per heavy atom. The summed E-state index contributed by atoms with van der Waals surface area (Å²) in [5.41, 5.74) is 1.75. The van der Waals surface area contributed by atoms with E-state index in [1.165, 1.54) is 6.08 Å². The molecule has 3 heteroatoms. The van der Waals surface area contributed by atoms with Gasteiger partial charge in [-0.2, -0.15) is 0 Å². The molecule has 0 aliphatic heterocycles. The Balaban J connectivity index is 1.98. The van der Waals surface area contributed by atoms with Gasteiger partial charge in [-0.15, -0.1) is 0 Å². The highest BCUT2D eigenvalue weighted by molar-refractivity contribution is 9.10. The first-order valence-corrected chi connectivity index (χ1v) is 7.18. The van der Waals surface area contributed by atoms with Crippen molar-refractivity contribution in [2.45, 2.75) is 12.8 Å². The number of aliphatic hydroxyl groups excluding tert-OH is 1.